The molecule has 1 N–H and O–H groups in total. The van der Waals surface area contributed by atoms with Crippen molar-refractivity contribution in [3.63, 3.8) is 0 Å². The summed E-state index contributed by atoms with van der Waals surface area (Å²) in [6.07, 6.45) is 0. The number of ether oxygens (including phenoxy) is 1. The first kappa shape index (κ1) is 13.6. The van der Waals surface area contributed by atoms with Crippen molar-refractivity contribution in [3.8, 4) is 5.75 Å². The second-order valence-corrected chi connectivity index (χ2v) is 4.84. The molecule has 0 heterocycles. The maximum absolute atomic E-state index is 5.20. The van der Waals surface area contributed by atoms with E-state index < -0.39 is 0 Å². The van der Waals surface area contributed by atoms with E-state index in [0.717, 1.165) is 5.75 Å². The average Bonchev–Trinajstić information content (AvgIpc) is 2.44. The highest BCUT2D eigenvalue weighted by atomic mass is 16.5. The van der Waals surface area contributed by atoms with Crippen LogP contribution in [-0.4, -0.2) is 14.2 Å². The average molecular weight is 255 g/mol. The summed E-state index contributed by atoms with van der Waals surface area (Å²) >= 11 is 0. The van der Waals surface area contributed by atoms with Crippen LogP contribution in [0.1, 0.15) is 28.3 Å². The van der Waals surface area contributed by atoms with E-state index in [4.69, 9.17) is 4.74 Å². The van der Waals surface area contributed by atoms with Gasteiger partial charge in [0, 0.05) is 0 Å². The van der Waals surface area contributed by atoms with Gasteiger partial charge in [0.15, 0.2) is 0 Å². The molecule has 2 nitrogen and oxygen atoms in total. The van der Waals surface area contributed by atoms with Gasteiger partial charge in [0.2, 0.25) is 0 Å². The Kier molecular flexibility index (Phi) is 4.23. The van der Waals surface area contributed by atoms with Crippen LogP contribution in [0.3, 0.4) is 0 Å². The van der Waals surface area contributed by atoms with Gasteiger partial charge in [0.05, 0.1) is 13.2 Å². The molecule has 1 atom stereocenters. The summed E-state index contributed by atoms with van der Waals surface area (Å²) in [5, 5.41) is 3.38. The molecular weight excluding hydrogens is 234 g/mol. The number of methoxy groups -OCH3 is 1. The molecule has 1 unspecified atom stereocenters. The van der Waals surface area contributed by atoms with E-state index in [9.17, 15) is 0 Å². The van der Waals surface area contributed by atoms with E-state index in [1.807, 2.05) is 19.2 Å². The maximum Gasteiger partial charge on any atom is 0.118 e. The molecule has 2 rings (SSSR count). The fourth-order valence-corrected chi connectivity index (χ4v) is 2.27. The van der Waals surface area contributed by atoms with Crippen molar-refractivity contribution in [1.29, 1.82) is 0 Å². The standard InChI is InChI=1S/C17H21NO/c1-12-5-6-15(11-13(12)2)17(18-3)14-7-9-16(19-4)10-8-14/h5-11,17-18H,1-4H3. The Bertz CT molecular complexity index is 546. The van der Waals surface area contributed by atoms with Gasteiger partial charge in [0.1, 0.15) is 5.75 Å². The number of nitrogens with one attached hydrogen (secondary N) is 1. The van der Waals surface area contributed by atoms with Crippen LogP contribution in [0.2, 0.25) is 0 Å². The van der Waals surface area contributed by atoms with E-state index in [1.54, 1.807) is 7.11 Å². The van der Waals surface area contributed by atoms with Crippen molar-refractivity contribution < 1.29 is 4.74 Å². The van der Waals surface area contributed by atoms with E-state index in [1.165, 1.54) is 22.3 Å². The molecular formula is C17H21NO. The second-order valence-electron chi connectivity index (χ2n) is 4.84. The second kappa shape index (κ2) is 5.89. The van der Waals surface area contributed by atoms with Crippen molar-refractivity contribution in [3.05, 3.63) is 64.7 Å². The lowest BCUT2D eigenvalue weighted by Crippen LogP contribution is -2.17. The van der Waals surface area contributed by atoms with E-state index in [-0.39, 0.29) is 6.04 Å². The maximum atomic E-state index is 5.20. The van der Waals surface area contributed by atoms with Gasteiger partial charge in [-0.3, -0.25) is 0 Å². The highest BCUT2D eigenvalue weighted by Crippen LogP contribution is 2.25. The Morgan fingerprint density at radius 3 is 2.05 bits per heavy atom. The summed E-state index contributed by atoms with van der Waals surface area (Å²) in [4.78, 5) is 0. The molecule has 0 saturated heterocycles. The van der Waals surface area contributed by atoms with Crippen molar-refractivity contribution in [2.75, 3.05) is 14.2 Å². The fourth-order valence-electron chi connectivity index (χ4n) is 2.27. The van der Waals surface area contributed by atoms with Gasteiger partial charge in [-0.05, 0) is 55.3 Å². The molecule has 19 heavy (non-hydrogen) atoms. The smallest absolute Gasteiger partial charge is 0.118 e. The third-order valence-corrected chi connectivity index (χ3v) is 3.60. The van der Waals surface area contributed by atoms with Gasteiger partial charge in [-0.25, -0.2) is 0 Å². The van der Waals surface area contributed by atoms with Crippen LogP contribution >= 0.6 is 0 Å². The van der Waals surface area contributed by atoms with Crippen LogP contribution in [0.25, 0.3) is 0 Å². The molecule has 100 valence electrons. The highest BCUT2D eigenvalue weighted by molar-refractivity contribution is 5.38. The predicted molar refractivity (Wildman–Crippen MR) is 79.8 cm³/mol. The Morgan fingerprint density at radius 1 is 0.895 bits per heavy atom. The zero-order chi connectivity index (χ0) is 13.8. The number of aryl methyl sites for hydroxylation is 2. The molecule has 0 aliphatic rings. The van der Waals surface area contributed by atoms with Crippen molar-refractivity contribution in [1.82, 2.24) is 5.32 Å². The molecule has 2 aromatic carbocycles. The molecule has 0 aromatic heterocycles. The van der Waals surface area contributed by atoms with E-state index in [0.29, 0.717) is 0 Å². The minimum absolute atomic E-state index is 0.213. The number of rotatable bonds is 4. The normalized spacial score (nSPS) is 12.2. The van der Waals surface area contributed by atoms with Crippen LogP contribution in [-0.2, 0) is 0 Å². The third kappa shape index (κ3) is 2.96. The molecule has 0 radical (unpaired) electrons. The van der Waals surface area contributed by atoms with Crippen molar-refractivity contribution in [2.24, 2.45) is 0 Å². The Balaban J connectivity index is 2.34. The van der Waals surface area contributed by atoms with Gasteiger partial charge in [-0.2, -0.15) is 0 Å². The summed E-state index contributed by atoms with van der Waals surface area (Å²) in [5.41, 5.74) is 5.18. The topological polar surface area (TPSA) is 21.3 Å². The lowest BCUT2D eigenvalue weighted by atomic mass is 9.96. The lowest BCUT2D eigenvalue weighted by molar-refractivity contribution is 0.414. The monoisotopic (exact) mass is 255 g/mol. The summed E-state index contributed by atoms with van der Waals surface area (Å²) in [6, 6.07) is 15.0. The minimum Gasteiger partial charge on any atom is -0.497 e. The number of hydrogen-bond acceptors (Lipinski definition) is 2. The molecule has 0 spiro atoms. The summed E-state index contributed by atoms with van der Waals surface area (Å²) in [5.74, 6) is 0.888. The Labute approximate surface area is 115 Å². The Hall–Kier alpha value is -1.80. The van der Waals surface area contributed by atoms with Gasteiger partial charge in [-0.15, -0.1) is 0 Å². The molecule has 0 aliphatic carbocycles. The highest BCUT2D eigenvalue weighted by Gasteiger charge is 2.12. The molecule has 0 saturated carbocycles. The summed E-state index contributed by atoms with van der Waals surface area (Å²) in [6.45, 7) is 4.29. The van der Waals surface area contributed by atoms with Gasteiger partial charge in [-0.1, -0.05) is 30.3 Å². The number of hydrogen-bond donors (Lipinski definition) is 1. The molecule has 0 amide bonds. The molecule has 0 fully saturated rings. The fraction of sp³-hybridized carbons (Fsp3) is 0.294. The first-order valence-electron chi connectivity index (χ1n) is 6.54. The van der Waals surface area contributed by atoms with Crippen LogP contribution in [0.4, 0.5) is 0 Å². The van der Waals surface area contributed by atoms with E-state index in [2.05, 4.69) is 49.5 Å². The zero-order valence-electron chi connectivity index (χ0n) is 12.0. The Morgan fingerprint density at radius 2 is 1.53 bits per heavy atom. The lowest BCUT2D eigenvalue weighted by Gasteiger charge is -2.18. The van der Waals surface area contributed by atoms with Gasteiger partial charge < -0.3 is 10.1 Å². The van der Waals surface area contributed by atoms with Crippen molar-refractivity contribution in [2.45, 2.75) is 19.9 Å². The molecule has 0 bridgehead atoms. The summed E-state index contributed by atoms with van der Waals surface area (Å²) < 4.78 is 5.20. The minimum atomic E-state index is 0.213. The predicted octanol–water partition coefficient (Wildman–Crippen LogP) is 3.62. The largest absolute Gasteiger partial charge is 0.497 e. The van der Waals surface area contributed by atoms with Crippen molar-refractivity contribution >= 4 is 0 Å². The molecule has 0 aliphatic heterocycles. The quantitative estimate of drug-likeness (QED) is 0.901. The summed E-state index contributed by atoms with van der Waals surface area (Å²) in [7, 11) is 3.68. The first-order chi connectivity index (χ1) is 9.15. The van der Waals surface area contributed by atoms with Crippen LogP contribution in [0.15, 0.2) is 42.5 Å². The first-order valence-corrected chi connectivity index (χ1v) is 6.54. The van der Waals surface area contributed by atoms with Gasteiger partial charge in [0.25, 0.3) is 0 Å². The SMILES string of the molecule is CNC(c1ccc(OC)cc1)c1ccc(C)c(C)c1. The number of benzene rings is 2. The van der Waals surface area contributed by atoms with Crippen LogP contribution in [0.5, 0.6) is 5.75 Å². The van der Waals surface area contributed by atoms with Gasteiger partial charge >= 0.3 is 0 Å². The van der Waals surface area contributed by atoms with E-state index >= 15 is 0 Å². The van der Waals surface area contributed by atoms with Crippen LogP contribution < -0.4 is 10.1 Å². The third-order valence-electron chi connectivity index (χ3n) is 3.60. The molecule has 2 heteroatoms. The zero-order valence-corrected chi connectivity index (χ0v) is 12.0. The molecule has 2 aromatic rings. The van der Waals surface area contributed by atoms with Crippen LogP contribution in [0, 0.1) is 13.8 Å².